The molecule has 0 saturated heterocycles. The predicted octanol–water partition coefficient (Wildman–Crippen LogP) is 1.95. The molecule has 1 N–H and O–H groups in total. The maximum Gasteiger partial charge on any atom is 0.333 e. The summed E-state index contributed by atoms with van der Waals surface area (Å²) >= 11 is 0. The Balaban J connectivity index is 3.06. The minimum atomic E-state index is -1.16. The molecule has 1 rings (SSSR count). The monoisotopic (exact) mass is 271 g/mol. The van der Waals surface area contributed by atoms with Crippen molar-refractivity contribution in [3.05, 3.63) is 35.4 Å². The van der Waals surface area contributed by atoms with Gasteiger partial charge in [0.05, 0.1) is 7.11 Å². The number of ether oxygens (including phenoxy) is 1. The standard InChI is InChI=1S/C13H15F2NO3/c1-7(2)12(17)16-11(13(18)19-3)8-4-5-9(14)10(15)6-8/h4-7,11H,1-3H3,(H,16,17). The van der Waals surface area contributed by atoms with Gasteiger partial charge < -0.3 is 10.1 Å². The molecule has 4 nitrogen and oxygen atoms in total. The largest absolute Gasteiger partial charge is 0.467 e. The number of hydrogen-bond donors (Lipinski definition) is 1. The zero-order valence-corrected chi connectivity index (χ0v) is 10.9. The second-order valence-electron chi connectivity index (χ2n) is 4.29. The predicted molar refractivity (Wildman–Crippen MR) is 64.1 cm³/mol. The number of benzene rings is 1. The van der Waals surface area contributed by atoms with Crippen molar-refractivity contribution in [2.75, 3.05) is 7.11 Å². The first-order valence-corrected chi connectivity index (χ1v) is 5.70. The second kappa shape index (κ2) is 6.26. The van der Waals surface area contributed by atoms with Crippen molar-refractivity contribution >= 4 is 11.9 Å². The molecule has 104 valence electrons. The smallest absolute Gasteiger partial charge is 0.333 e. The first kappa shape index (κ1) is 15.1. The third-order valence-electron chi connectivity index (χ3n) is 2.52. The molecule has 0 fully saturated rings. The van der Waals surface area contributed by atoms with E-state index in [1.165, 1.54) is 6.07 Å². The SMILES string of the molecule is COC(=O)C(NC(=O)C(C)C)c1ccc(F)c(F)c1. The summed E-state index contributed by atoms with van der Waals surface area (Å²) in [5.74, 6) is -3.61. The van der Waals surface area contributed by atoms with Gasteiger partial charge in [0.1, 0.15) is 0 Å². The van der Waals surface area contributed by atoms with Crippen LogP contribution in [0.3, 0.4) is 0 Å². The van der Waals surface area contributed by atoms with Crippen LogP contribution < -0.4 is 5.32 Å². The Kier molecular flexibility index (Phi) is 4.97. The Hall–Kier alpha value is -1.98. The molecule has 0 radical (unpaired) electrons. The molecule has 1 unspecified atom stereocenters. The van der Waals surface area contributed by atoms with Gasteiger partial charge in [-0.15, -0.1) is 0 Å². The highest BCUT2D eigenvalue weighted by molar-refractivity contribution is 5.86. The van der Waals surface area contributed by atoms with E-state index < -0.39 is 23.6 Å². The molecule has 0 aliphatic rings. The van der Waals surface area contributed by atoms with Crippen LogP contribution in [0.25, 0.3) is 0 Å². The van der Waals surface area contributed by atoms with Gasteiger partial charge in [-0.1, -0.05) is 19.9 Å². The fraction of sp³-hybridized carbons (Fsp3) is 0.385. The van der Waals surface area contributed by atoms with Crippen LogP contribution in [0, 0.1) is 17.6 Å². The van der Waals surface area contributed by atoms with Crippen LogP contribution in [0.2, 0.25) is 0 Å². The molecule has 0 aromatic heterocycles. The number of hydrogen-bond acceptors (Lipinski definition) is 3. The number of esters is 1. The van der Waals surface area contributed by atoms with Crippen LogP contribution in [0.15, 0.2) is 18.2 Å². The first-order chi connectivity index (χ1) is 8.86. The molecule has 0 aliphatic carbocycles. The average molecular weight is 271 g/mol. The molecule has 0 bridgehead atoms. The van der Waals surface area contributed by atoms with Gasteiger partial charge in [0.2, 0.25) is 5.91 Å². The zero-order chi connectivity index (χ0) is 14.6. The van der Waals surface area contributed by atoms with Gasteiger partial charge in [0, 0.05) is 5.92 Å². The van der Waals surface area contributed by atoms with Crippen LogP contribution in [0.4, 0.5) is 8.78 Å². The van der Waals surface area contributed by atoms with Crippen LogP contribution in [-0.2, 0) is 14.3 Å². The topological polar surface area (TPSA) is 55.4 Å². The van der Waals surface area contributed by atoms with E-state index in [2.05, 4.69) is 10.1 Å². The van der Waals surface area contributed by atoms with Crippen molar-refractivity contribution in [2.45, 2.75) is 19.9 Å². The maximum atomic E-state index is 13.2. The van der Waals surface area contributed by atoms with Gasteiger partial charge >= 0.3 is 5.97 Å². The van der Waals surface area contributed by atoms with Crippen LogP contribution in [-0.4, -0.2) is 19.0 Å². The third-order valence-corrected chi connectivity index (χ3v) is 2.52. The lowest BCUT2D eigenvalue weighted by atomic mass is 10.1. The lowest BCUT2D eigenvalue weighted by molar-refractivity contribution is -0.145. The molecule has 0 spiro atoms. The average Bonchev–Trinajstić information content (AvgIpc) is 2.38. The lowest BCUT2D eigenvalue weighted by Crippen LogP contribution is -2.36. The van der Waals surface area contributed by atoms with Crippen molar-refractivity contribution in [1.82, 2.24) is 5.32 Å². The van der Waals surface area contributed by atoms with Gasteiger partial charge in [-0.25, -0.2) is 13.6 Å². The number of rotatable bonds is 4. The molecule has 1 aromatic carbocycles. The third kappa shape index (κ3) is 3.74. The summed E-state index contributed by atoms with van der Waals surface area (Å²) < 4.78 is 30.6. The van der Waals surface area contributed by atoms with E-state index in [1.54, 1.807) is 13.8 Å². The van der Waals surface area contributed by atoms with E-state index in [9.17, 15) is 18.4 Å². The minimum Gasteiger partial charge on any atom is -0.467 e. The number of halogens is 2. The van der Waals surface area contributed by atoms with Crippen molar-refractivity contribution in [3.63, 3.8) is 0 Å². The van der Waals surface area contributed by atoms with E-state index in [0.717, 1.165) is 19.2 Å². The molecule has 0 aliphatic heterocycles. The maximum absolute atomic E-state index is 13.2. The van der Waals surface area contributed by atoms with E-state index in [1.807, 2.05) is 0 Å². The molecule has 1 aromatic rings. The Morgan fingerprint density at radius 2 is 1.84 bits per heavy atom. The quantitative estimate of drug-likeness (QED) is 0.852. The summed E-state index contributed by atoms with van der Waals surface area (Å²) in [4.78, 5) is 23.2. The Morgan fingerprint density at radius 1 is 1.21 bits per heavy atom. The fourth-order valence-corrected chi connectivity index (χ4v) is 1.40. The number of methoxy groups -OCH3 is 1. The molecular weight excluding hydrogens is 256 g/mol. The molecule has 1 atom stereocenters. The highest BCUT2D eigenvalue weighted by atomic mass is 19.2. The highest BCUT2D eigenvalue weighted by Crippen LogP contribution is 2.18. The summed E-state index contributed by atoms with van der Waals surface area (Å²) in [5, 5.41) is 2.43. The van der Waals surface area contributed by atoms with Gasteiger partial charge in [0.15, 0.2) is 17.7 Å². The summed E-state index contributed by atoms with van der Waals surface area (Å²) in [6.45, 7) is 3.30. The lowest BCUT2D eigenvalue weighted by Gasteiger charge is -2.18. The number of carbonyl (C=O) groups excluding carboxylic acids is 2. The van der Waals surface area contributed by atoms with Crippen molar-refractivity contribution in [1.29, 1.82) is 0 Å². The van der Waals surface area contributed by atoms with Gasteiger partial charge in [-0.3, -0.25) is 4.79 Å². The van der Waals surface area contributed by atoms with Crippen LogP contribution >= 0.6 is 0 Å². The van der Waals surface area contributed by atoms with Gasteiger partial charge in [0.25, 0.3) is 0 Å². The fourth-order valence-electron chi connectivity index (χ4n) is 1.40. The van der Waals surface area contributed by atoms with Gasteiger partial charge in [-0.2, -0.15) is 0 Å². The zero-order valence-electron chi connectivity index (χ0n) is 10.9. The molecule has 0 saturated carbocycles. The Morgan fingerprint density at radius 3 is 2.32 bits per heavy atom. The van der Waals surface area contributed by atoms with E-state index >= 15 is 0 Å². The number of amides is 1. The van der Waals surface area contributed by atoms with Crippen molar-refractivity contribution in [3.8, 4) is 0 Å². The Labute approximate surface area is 109 Å². The van der Waals surface area contributed by atoms with Crippen LogP contribution in [0.1, 0.15) is 25.5 Å². The summed E-state index contributed by atoms with van der Waals surface area (Å²) in [6, 6.07) is 1.82. The van der Waals surface area contributed by atoms with E-state index in [-0.39, 0.29) is 17.4 Å². The molecule has 1 amide bonds. The normalized spacial score (nSPS) is 12.1. The Bertz CT molecular complexity index is 489. The van der Waals surface area contributed by atoms with Crippen molar-refractivity contribution < 1.29 is 23.1 Å². The second-order valence-corrected chi connectivity index (χ2v) is 4.29. The van der Waals surface area contributed by atoms with Gasteiger partial charge in [-0.05, 0) is 17.7 Å². The number of carbonyl (C=O) groups is 2. The summed E-state index contributed by atoms with van der Waals surface area (Å²) in [5.41, 5.74) is 0.125. The number of nitrogens with one attached hydrogen (secondary N) is 1. The summed E-state index contributed by atoms with van der Waals surface area (Å²) in [6.07, 6.45) is 0. The molecular formula is C13H15F2NO3. The highest BCUT2D eigenvalue weighted by Gasteiger charge is 2.25. The van der Waals surface area contributed by atoms with Crippen LogP contribution in [0.5, 0.6) is 0 Å². The summed E-state index contributed by atoms with van der Waals surface area (Å²) in [7, 11) is 1.15. The van der Waals surface area contributed by atoms with Crippen molar-refractivity contribution in [2.24, 2.45) is 5.92 Å². The molecule has 6 heteroatoms. The molecule has 19 heavy (non-hydrogen) atoms. The first-order valence-electron chi connectivity index (χ1n) is 5.70. The van der Waals surface area contributed by atoms with E-state index in [0.29, 0.717) is 0 Å². The van der Waals surface area contributed by atoms with E-state index in [4.69, 9.17) is 0 Å². The minimum absolute atomic E-state index is 0.125. The molecule has 0 heterocycles.